The summed E-state index contributed by atoms with van der Waals surface area (Å²) in [5.41, 5.74) is 0.471. The Morgan fingerprint density at radius 1 is 0.955 bits per heavy atom. The fourth-order valence-electron chi connectivity index (χ4n) is 2.87. The summed E-state index contributed by atoms with van der Waals surface area (Å²) in [5.74, 6) is 2.17. The molecule has 5 nitrogen and oxygen atoms in total. The summed E-state index contributed by atoms with van der Waals surface area (Å²) in [4.78, 5) is 12.6. The first-order valence-corrected chi connectivity index (χ1v) is 7.69. The SMILES string of the molecule is COc1cc(OC)c(C(=O)NC2CCC(C)CC2)cc1OC. The van der Waals surface area contributed by atoms with Crippen molar-refractivity contribution in [2.24, 2.45) is 5.92 Å². The molecular formula is C17H25NO4. The third kappa shape index (κ3) is 3.64. The first kappa shape index (κ1) is 16.5. The molecule has 0 aromatic heterocycles. The van der Waals surface area contributed by atoms with Crippen molar-refractivity contribution in [1.82, 2.24) is 5.32 Å². The van der Waals surface area contributed by atoms with Gasteiger partial charge < -0.3 is 19.5 Å². The zero-order valence-electron chi connectivity index (χ0n) is 13.8. The van der Waals surface area contributed by atoms with Gasteiger partial charge >= 0.3 is 0 Å². The quantitative estimate of drug-likeness (QED) is 0.908. The van der Waals surface area contributed by atoms with E-state index in [0.29, 0.717) is 22.8 Å². The highest BCUT2D eigenvalue weighted by Gasteiger charge is 2.23. The second kappa shape index (κ2) is 7.38. The number of carbonyl (C=O) groups excluding carboxylic acids is 1. The van der Waals surface area contributed by atoms with Crippen molar-refractivity contribution in [3.8, 4) is 17.2 Å². The summed E-state index contributed by atoms with van der Waals surface area (Å²) < 4.78 is 15.8. The lowest BCUT2D eigenvalue weighted by molar-refractivity contribution is 0.0919. The van der Waals surface area contributed by atoms with E-state index in [1.54, 1.807) is 33.5 Å². The van der Waals surface area contributed by atoms with Crippen LogP contribution in [-0.2, 0) is 0 Å². The second-order valence-electron chi connectivity index (χ2n) is 5.84. The summed E-state index contributed by atoms with van der Waals surface area (Å²) in [6.07, 6.45) is 4.38. The number of rotatable bonds is 5. The number of hydrogen-bond donors (Lipinski definition) is 1. The fourth-order valence-corrected chi connectivity index (χ4v) is 2.87. The van der Waals surface area contributed by atoms with Crippen molar-refractivity contribution in [1.29, 1.82) is 0 Å². The number of carbonyl (C=O) groups is 1. The summed E-state index contributed by atoms with van der Waals surface area (Å²) in [5, 5.41) is 3.10. The van der Waals surface area contributed by atoms with E-state index >= 15 is 0 Å². The molecule has 0 bridgehead atoms. The summed E-state index contributed by atoms with van der Waals surface area (Å²) in [6, 6.07) is 3.58. The lowest BCUT2D eigenvalue weighted by Crippen LogP contribution is -2.37. The molecule has 2 rings (SSSR count). The van der Waals surface area contributed by atoms with Gasteiger partial charge in [0.05, 0.1) is 26.9 Å². The molecule has 5 heteroatoms. The molecule has 1 aliphatic carbocycles. The lowest BCUT2D eigenvalue weighted by atomic mass is 9.87. The van der Waals surface area contributed by atoms with Crippen LogP contribution in [0.4, 0.5) is 0 Å². The Balaban J connectivity index is 2.17. The number of nitrogens with one attached hydrogen (secondary N) is 1. The van der Waals surface area contributed by atoms with Crippen LogP contribution in [0, 0.1) is 5.92 Å². The molecule has 122 valence electrons. The van der Waals surface area contributed by atoms with Gasteiger partial charge in [0, 0.05) is 18.2 Å². The largest absolute Gasteiger partial charge is 0.496 e. The van der Waals surface area contributed by atoms with Crippen LogP contribution in [0.1, 0.15) is 43.0 Å². The van der Waals surface area contributed by atoms with Gasteiger partial charge in [-0.1, -0.05) is 6.92 Å². The molecule has 0 unspecified atom stereocenters. The minimum absolute atomic E-state index is 0.127. The van der Waals surface area contributed by atoms with Crippen LogP contribution >= 0.6 is 0 Å². The zero-order chi connectivity index (χ0) is 16.1. The summed E-state index contributed by atoms with van der Waals surface area (Å²) >= 11 is 0. The highest BCUT2D eigenvalue weighted by Crippen LogP contribution is 2.34. The molecular weight excluding hydrogens is 282 g/mol. The van der Waals surface area contributed by atoms with Gasteiger partial charge in [-0.15, -0.1) is 0 Å². The molecule has 1 amide bonds. The van der Waals surface area contributed by atoms with Gasteiger partial charge in [-0.3, -0.25) is 4.79 Å². The molecule has 1 aliphatic rings. The van der Waals surface area contributed by atoms with E-state index in [0.717, 1.165) is 31.6 Å². The average molecular weight is 307 g/mol. The van der Waals surface area contributed by atoms with Gasteiger partial charge in [-0.25, -0.2) is 0 Å². The Morgan fingerprint density at radius 2 is 1.50 bits per heavy atom. The van der Waals surface area contributed by atoms with Crippen molar-refractivity contribution < 1.29 is 19.0 Å². The van der Waals surface area contributed by atoms with E-state index in [2.05, 4.69) is 12.2 Å². The standard InChI is InChI=1S/C17H25NO4/c1-11-5-7-12(8-6-11)18-17(19)13-9-15(21-3)16(22-4)10-14(13)20-2/h9-12H,5-8H2,1-4H3,(H,18,19). The zero-order valence-corrected chi connectivity index (χ0v) is 13.8. The van der Waals surface area contributed by atoms with Crippen molar-refractivity contribution in [3.05, 3.63) is 17.7 Å². The van der Waals surface area contributed by atoms with Gasteiger partial charge in [0.1, 0.15) is 5.75 Å². The van der Waals surface area contributed by atoms with Crippen LogP contribution in [0.3, 0.4) is 0 Å². The number of methoxy groups -OCH3 is 3. The minimum atomic E-state index is -0.127. The maximum atomic E-state index is 12.6. The molecule has 0 spiro atoms. The smallest absolute Gasteiger partial charge is 0.255 e. The van der Waals surface area contributed by atoms with Crippen molar-refractivity contribution in [2.75, 3.05) is 21.3 Å². The third-order valence-electron chi connectivity index (χ3n) is 4.30. The van der Waals surface area contributed by atoms with Crippen LogP contribution in [-0.4, -0.2) is 33.3 Å². The van der Waals surface area contributed by atoms with Gasteiger partial charge in [0.25, 0.3) is 5.91 Å². The van der Waals surface area contributed by atoms with Crippen LogP contribution in [0.15, 0.2) is 12.1 Å². The molecule has 0 heterocycles. The molecule has 1 saturated carbocycles. The molecule has 0 aliphatic heterocycles. The molecule has 0 atom stereocenters. The molecule has 0 radical (unpaired) electrons. The van der Waals surface area contributed by atoms with E-state index < -0.39 is 0 Å². The van der Waals surface area contributed by atoms with E-state index in [9.17, 15) is 4.79 Å². The Morgan fingerprint density at radius 3 is 2.05 bits per heavy atom. The van der Waals surface area contributed by atoms with E-state index in [1.165, 1.54) is 0 Å². The highest BCUT2D eigenvalue weighted by molar-refractivity contribution is 5.98. The highest BCUT2D eigenvalue weighted by atomic mass is 16.5. The van der Waals surface area contributed by atoms with E-state index in [4.69, 9.17) is 14.2 Å². The first-order valence-electron chi connectivity index (χ1n) is 7.69. The van der Waals surface area contributed by atoms with Gasteiger partial charge in [0.15, 0.2) is 11.5 Å². The number of benzene rings is 1. The van der Waals surface area contributed by atoms with E-state index in [-0.39, 0.29) is 11.9 Å². The molecule has 1 fully saturated rings. The average Bonchev–Trinajstić information content (AvgIpc) is 2.55. The van der Waals surface area contributed by atoms with Gasteiger partial charge in [-0.05, 0) is 31.6 Å². The van der Waals surface area contributed by atoms with Crippen LogP contribution in [0.2, 0.25) is 0 Å². The monoisotopic (exact) mass is 307 g/mol. The Labute approximate surface area is 131 Å². The first-order chi connectivity index (χ1) is 10.6. The fraction of sp³-hybridized carbons (Fsp3) is 0.588. The second-order valence-corrected chi connectivity index (χ2v) is 5.84. The van der Waals surface area contributed by atoms with Gasteiger partial charge in [-0.2, -0.15) is 0 Å². The van der Waals surface area contributed by atoms with Crippen LogP contribution < -0.4 is 19.5 Å². The number of hydrogen-bond acceptors (Lipinski definition) is 4. The summed E-state index contributed by atoms with van der Waals surface area (Å²) in [6.45, 7) is 2.26. The molecule has 1 aromatic rings. The van der Waals surface area contributed by atoms with Crippen LogP contribution in [0.5, 0.6) is 17.2 Å². The molecule has 1 N–H and O–H groups in total. The topological polar surface area (TPSA) is 56.8 Å². The van der Waals surface area contributed by atoms with Crippen LogP contribution in [0.25, 0.3) is 0 Å². The Bertz CT molecular complexity index is 522. The maximum Gasteiger partial charge on any atom is 0.255 e. The predicted molar refractivity (Wildman–Crippen MR) is 85.0 cm³/mol. The molecule has 1 aromatic carbocycles. The van der Waals surface area contributed by atoms with Crippen molar-refractivity contribution >= 4 is 5.91 Å². The van der Waals surface area contributed by atoms with Gasteiger partial charge in [0.2, 0.25) is 0 Å². The number of amides is 1. The maximum absolute atomic E-state index is 12.6. The summed E-state index contributed by atoms with van der Waals surface area (Å²) in [7, 11) is 4.65. The van der Waals surface area contributed by atoms with Crippen molar-refractivity contribution in [3.63, 3.8) is 0 Å². The van der Waals surface area contributed by atoms with Crippen molar-refractivity contribution in [2.45, 2.75) is 38.6 Å². The molecule has 0 saturated heterocycles. The van der Waals surface area contributed by atoms with E-state index in [1.807, 2.05) is 0 Å². The lowest BCUT2D eigenvalue weighted by Gasteiger charge is -2.27. The number of ether oxygens (including phenoxy) is 3. The normalized spacial score (nSPS) is 21.1. The third-order valence-corrected chi connectivity index (χ3v) is 4.30. The Hall–Kier alpha value is -1.91. The predicted octanol–water partition coefficient (Wildman–Crippen LogP) is 3.02. The Kier molecular flexibility index (Phi) is 5.52. The molecule has 22 heavy (non-hydrogen) atoms. The minimum Gasteiger partial charge on any atom is -0.496 e.